The van der Waals surface area contributed by atoms with Crippen molar-refractivity contribution < 1.29 is 14.3 Å². The fourth-order valence-corrected chi connectivity index (χ4v) is 1.81. The largest absolute Gasteiger partial charge is 0.420 e. The monoisotopic (exact) mass is 293 g/mol. The second kappa shape index (κ2) is 5.91. The molecule has 0 spiro atoms. The molecule has 90 valence electrons. The van der Waals surface area contributed by atoms with Gasteiger partial charge in [-0.15, -0.1) is 0 Å². The Kier molecular flexibility index (Phi) is 4.81. The van der Waals surface area contributed by atoms with Crippen molar-refractivity contribution in [1.82, 2.24) is 0 Å². The Balaban J connectivity index is 2.89. The molecular weight excluding hydrogens is 288 g/mol. The van der Waals surface area contributed by atoms with Crippen molar-refractivity contribution in [3.05, 3.63) is 39.4 Å². The van der Waals surface area contributed by atoms with E-state index >= 15 is 0 Å². The number of hydrogen-bond acceptors (Lipinski definition) is 3. The molecule has 1 amide bonds. The van der Waals surface area contributed by atoms with Crippen LogP contribution in [0.3, 0.4) is 0 Å². The molecule has 0 atom stereocenters. The van der Waals surface area contributed by atoms with Gasteiger partial charge in [0, 0.05) is 17.2 Å². The smallest absolute Gasteiger partial charge is 0.336 e. The van der Waals surface area contributed by atoms with Gasteiger partial charge in [-0.2, -0.15) is 0 Å². The maximum Gasteiger partial charge on any atom is 0.336 e. The summed E-state index contributed by atoms with van der Waals surface area (Å²) in [6.07, 6.45) is 1.73. The van der Waals surface area contributed by atoms with E-state index in [9.17, 15) is 9.59 Å². The van der Waals surface area contributed by atoms with Crippen LogP contribution < -0.4 is 10.5 Å². The first-order valence-corrected chi connectivity index (χ1v) is 5.37. The lowest BCUT2D eigenvalue weighted by Crippen LogP contribution is -2.10. The molecule has 2 N–H and O–H groups in total. The molecule has 1 aromatic rings. The molecule has 0 saturated carbocycles. The van der Waals surface area contributed by atoms with Crippen molar-refractivity contribution in [2.45, 2.75) is 0 Å². The predicted molar refractivity (Wildman–Crippen MR) is 65.4 cm³/mol. The van der Waals surface area contributed by atoms with Gasteiger partial charge in [-0.1, -0.05) is 34.8 Å². The van der Waals surface area contributed by atoms with Crippen LogP contribution in [0.25, 0.3) is 0 Å². The van der Waals surface area contributed by atoms with Gasteiger partial charge in [-0.3, -0.25) is 4.79 Å². The number of hydrogen-bond donors (Lipinski definition) is 1. The van der Waals surface area contributed by atoms with E-state index in [1.165, 1.54) is 12.1 Å². The Morgan fingerprint density at radius 3 is 2.12 bits per heavy atom. The van der Waals surface area contributed by atoms with Gasteiger partial charge in [0.2, 0.25) is 5.91 Å². The molecule has 0 radical (unpaired) electrons. The zero-order valence-corrected chi connectivity index (χ0v) is 10.5. The van der Waals surface area contributed by atoms with Crippen molar-refractivity contribution in [3.8, 4) is 5.75 Å². The molecule has 1 aromatic carbocycles. The summed E-state index contributed by atoms with van der Waals surface area (Å²) in [4.78, 5) is 21.6. The van der Waals surface area contributed by atoms with Crippen molar-refractivity contribution >= 4 is 46.7 Å². The van der Waals surface area contributed by atoms with Gasteiger partial charge >= 0.3 is 5.97 Å². The van der Waals surface area contributed by atoms with Gasteiger partial charge in [0.15, 0.2) is 5.75 Å². The van der Waals surface area contributed by atoms with Crippen LogP contribution in [0.2, 0.25) is 15.1 Å². The summed E-state index contributed by atoms with van der Waals surface area (Å²) >= 11 is 17.2. The summed E-state index contributed by atoms with van der Waals surface area (Å²) in [5, 5.41) is 0.485. The number of carbonyl (C=O) groups excluding carboxylic acids is 2. The van der Waals surface area contributed by atoms with E-state index in [1.54, 1.807) is 0 Å². The number of ether oxygens (including phenoxy) is 1. The van der Waals surface area contributed by atoms with E-state index in [-0.39, 0.29) is 15.8 Å². The summed E-state index contributed by atoms with van der Waals surface area (Å²) in [5.74, 6) is -1.62. The van der Waals surface area contributed by atoms with Crippen LogP contribution in [0, 0.1) is 0 Å². The Bertz CT molecular complexity index is 477. The molecule has 0 aliphatic carbocycles. The molecule has 0 aromatic heterocycles. The first-order valence-electron chi connectivity index (χ1n) is 4.24. The number of benzene rings is 1. The Labute approximate surface area is 112 Å². The number of rotatable bonds is 3. The molecule has 4 nitrogen and oxygen atoms in total. The number of esters is 1. The number of amides is 1. The normalized spacial score (nSPS) is 10.5. The second-order valence-corrected chi connectivity index (χ2v) is 4.11. The average Bonchev–Trinajstić information content (AvgIpc) is 2.20. The summed E-state index contributed by atoms with van der Waals surface area (Å²) in [6, 6.07) is 2.74. The summed E-state index contributed by atoms with van der Waals surface area (Å²) < 4.78 is 4.83. The van der Waals surface area contributed by atoms with E-state index < -0.39 is 11.9 Å². The fourth-order valence-electron chi connectivity index (χ4n) is 0.911. The Morgan fingerprint density at radius 1 is 1.12 bits per heavy atom. The molecule has 17 heavy (non-hydrogen) atoms. The molecular formula is C10H6Cl3NO3. The minimum absolute atomic E-state index is 0.0307. The van der Waals surface area contributed by atoms with Crippen LogP contribution >= 0.6 is 34.8 Å². The van der Waals surface area contributed by atoms with Crippen LogP contribution in [0.5, 0.6) is 5.75 Å². The van der Waals surface area contributed by atoms with Gasteiger partial charge < -0.3 is 10.5 Å². The summed E-state index contributed by atoms with van der Waals surface area (Å²) in [5.41, 5.74) is 4.81. The summed E-state index contributed by atoms with van der Waals surface area (Å²) in [7, 11) is 0. The first kappa shape index (κ1) is 13.8. The maximum atomic E-state index is 11.2. The predicted octanol–water partition coefficient (Wildman–Crippen LogP) is 2.59. The molecule has 0 aliphatic heterocycles. The number of carbonyl (C=O) groups is 2. The summed E-state index contributed by atoms with van der Waals surface area (Å²) in [6.45, 7) is 0. The molecule has 0 aliphatic rings. The number of primary amides is 1. The SMILES string of the molecule is NC(=O)/C=C\C(=O)Oc1c(Cl)cc(Cl)cc1Cl. The highest BCUT2D eigenvalue weighted by Gasteiger charge is 2.12. The minimum atomic E-state index is -0.824. The van der Waals surface area contributed by atoms with E-state index in [2.05, 4.69) is 0 Å². The van der Waals surface area contributed by atoms with Crippen LogP contribution in [-0.2, 0) is 9.59 Å². The molecule has 0 bridgehead atoms. The van der Waals surface area contributed by atoms with Crippen molar-refractivity contribution in [1.29, 1.82) is 0 Å². The van der Waals surface area contributed by atoms with Crippen LogP contribution in [-0.4, -0.2) is 11.9 Å². The molecule has 0 fully saturated rings. The lowest BCUT2D eigenvalue weighted by molar-refractivity contribution is -0.129. The van der Waals surface area contributed by atoms with E-state index in [0.717, 1.165) is 12.2 Å². The highest BCUT2D eigenvalue weighted by Crippen LogP contribution is 2.35. The van der Waals surface area contributed by atoms with Crippen LogP contribution in [0.15, 0.2) is 24.3 Å². The second-order valence-electron chi connectivity index (χ2n) is 2.86. The van der Waals surface area contributed by atoms with E-state index in [4.69, 9.17) is 45.3 Å². The van der Waals surface area contributed by atoms with Gasteiger partial charge in [0.05, 0.1) is 10.0 Å². The maximum absolute atomic E-state index is 11.2. The zero-order valence-electron chi connectivity index (χ0n) is 8.25. The Morgan fingerprint density at radius 2 is 1.65 bits per heavy atom. The minimum Gasteiger partial charge on any atom is -0.420 e. The quantitative estimate of drug-likeness (QED) is 0.529. The Hall–Kier alpha value is -1.23. The standard InChI is InChI=1S/C10H6Cl3NO3/c11-5-3-6(12)10(7(13)4-5)17-9(16)2-1-8(14)15/h1-4H,(H2,14,15)/b2-1-. The van der Waals surface area contributed by atoms with Gasteiger partial charge in [-0.05, 0) is 12.1 Å². The third kappa shape index (κ3) is 4.26. The third-order valence-electron chi connectivity index (χ3n) is 1.55. The number of halogens is 3. The molecule has 1 rings (SSSR count). The van der Waals surface area contributed by atoms with Crippen molar-refractivity contribution in [2.75, 3.05) is 0 Å². The molecule has 7 heteroatoms. The van der Waals surface area contributed by atoms with E-state index in [0.29, 0.717) is 5.02 Å². The fraction of sp³-hybridized carbons (Fsp3) is 0. The van der Waals surface area contributed by atoms with Gasteiger partial charge in [-0.25, -0.2) is 4.79 Å². The molecule has 0 unspecified atom stereocenters. The van der Waals surface area contributed by atoms with Gasteiger partial charge in [0.1, 0.15) is 0 Å². The van der Waals surface area contributed by atoms with Crippen molar-refractivity contribution in [2.24, 2.45) is 5.73 Å². The topological polar surface area (TPSA) is 69.4 Å². The first-order chi connectivity index (χ1) is 7.90. The number of nitrogens with two attached hydrogens (primary N) is 1. The molecule has 0 heterocycles. The third-order valence-corrected chi connectivity index (χ3v) is 2.33. The van der Waals surface area contributed by atoms with E-state index in [1.807, 2.05) is 0 Å². The lowest BCUT2D eigenvalue weighted by atomic mass is 10.3. The lowest BCUT2D eigenvalue weighted by Gasteiger charge is -2.06. The van der Waals surface area contributed by atoms with Crippen molar-refractivity contribution in [3.63, 3.8) is 0 Å². The van der Waals surface area contributed by atoms with Crippen LogP contribution in [0.4, 0.5) is 0 Å². The van der Waals surface area contributed by atoms with Crippen LogP contribution in [0.1, 0.15) is 0 Å². The van der Waals surface area contributed by atoms with Gasteiger partial charge in [0.25, 0.3) is 0 Å². The zero-order chi connectivity index (χ0) is 13.0. The highest BCUT2D eigenvalue weighted by molar-refractivity contribution is 6.40. The molecule has 0 saturated heterocycles. The average molecular weight is 295 g/mol. The highest BCUT2D eigenvalue weighted by atomic mass is 35.5.